The molecule has 3 heterocycles. The van der Waals surface area contributed by atoms with Gasteiger partial charge in [0.25, 0.3) is 10.0 Å². The second-order valence-electron chi connectivity index (χ2n) is 8.66. The number of benzene rings is 1. The summed E-state index contributed by atoms with van der Waals surface area (Å²) in [6.07, 6.45) is 6.86. The second-order valence-corrected chi connectivity index (χ2v) is 11.8. The van der Waals surface area contributed by atoms with Crippen LogP contribution >= 0.6 is 23.4 Å². The van der Waals surface area contributed by atoms with E-state index in [9.17, 15) is 13.2 Å². The summed E-state index contributed by atoms with van der Waals surface area (Å²) in [5.41, 5.74) is 6.07. The Morgan fingerprint density at radius 2 is 1.86 bits per heavy atom. The van der Waals surface area contributed by atoms with Gasteiger partial charge in [0.15, 0.2) is 5.82 Å². The zero-order valence-corrected chi connectivity index (χ0v) is 21.9. The molecular weight excluding hydrogens is 522 g/mol. The number of halogens is 1. The Kier molecular flexibility index (Phi) is 7.98. The van der Waals surface area contributed by atoms with Gasteiger partial charge in [-0.3, -0.25) is 5.32 Å². The first-order valence-electron chi connectivity index (χ1n) is 11.2. The van der Waals surface area contributed by atoms with Crippen molar-refractivity contribution < 1.29 is 13.2 Å². The van der Waals surface area contributed by atoms with Crippen molar-refractivity contribution in [1.29, 1.82) is 0 Å². The van der Waals surface area contributed by atoms with Crippen LogP contribution in [0.5, 0.6) is 0 Å². The molecule has 4 rings (SSSR count). The maximum absolute atomic E-state index is 12.4. The van der Waals surface area contributed by atoms with Crippen molar-refractivity contribution in [2.75, 3.05) is 29.9 Å². The number of hydrogen-bond donors (Lipinski definition) is 3. The van der Waals surface area contributed by atoms with E-state index in [0.29, 0.717) is 16.5 Å². The number of nitrogens with zero attached hydrogens (tertiary/aromatic N) is 4. The number of urea groups is 1. The van der Waals surface area contributed by atoms with Crippen LogP contribution in [0.1, 0.15) is 19.8 Å². The van der Waals surface area contributed by atoms with E-state index in [2.05, 4.69) is 32.1 Å². The third-order valence-electron chi connectivity index (χ3n) is 5.98. The molecule has 0 unspecified atom stereocenters. The minimum absolute atomic E-state index is 0.0169. The number of piperidine rings is 1. The first-order chi connectivity index (χ1) is 17.2. The van der Waals surface area contributed by atoms with Crippen LogP contribution in [0.15, 0.2) is 69.8 Å². The van der Waals surface area contributed by atoms with E-state index >= 15 is 0 Å². The molecule has 0 atom stereocenters. The summed E-state index contributed by atoms with van der Waals surface area (Å²) in [5, 5.41) is 3.15. The van der Waals surface area contributed by atoms with Gasteiger partial charge in [-0.2, -0.15) is 0 Å². The molecule has 0 saturated carbocycles. The quantitative estimate of drug-likeness (QED) is 0.403. The highest BCUT2D eigenvalue weighted by Crippen LogP contribution is 2.36. The number of carbonyl (C=O) groups is 1. The van der Waals surface area contributed by atoms with Crippen LogP contribution in [0.3, 0.4) is 0 Å². The molecular formula is C23H26ClN7O3S2. The van der Waals surface area contributed by atoms with E-state index in [0.717, 1.165) is 31.7 Å². The maximum atomic E-state index is 12.4. The van der Waals surface area contributed by atoms with Crippen molar-refractivity contribution in [3.63, 3.8) is 0 Å². The summed E-state index contributed by atoms with van der Waals surface area (Å²) in [6.45, 7) is 4.64. The van der Waals surface area contributed by atoms with E-state index < -0.39 is 16.1 Å². The highest BCUT2D eigenvalue weighted by atomic mass is 35.5. The van der Waals surface area contributed by atoms with Crippen LogP contribution in [0.2, 0.25) is 5.02 Å². The number of nitrogens with one attached hydrogen (secondary N) is 2. The van der Waals surface area contributed by atoms with E-state index in [-0.39, 0.29) is 21.2 Å². The van der Waals surface area contributed by atoms with Crippen molar-refractivity contribution in [2.24, 2.45) is 11.1 Å². The molecule has 3 aromatic rings. The van der Waals surface area contributed by atoms with Crippen LogP contribution < -0.4 is 20.7 Å². The lowest BCUT2D eigenvalue weighted by Gasteiger charge is -2.39. The number of aromatic nitrogens is 3. The molecule has 4 N–H and O–H groups in total. The Morgan fingerprint density at radius 3 is 2.50 bits per heavy atom. The minimum atomic E-state index is -4.04. The van der Waals surface area contributed by atoms with Gasteiger partial charge in [-0.05, 0) is 43.0 Å². The van der Waals surface area contributed by atoms with Gasteiger partial charge in [0.05, 0.1) is 22.3 Å². The van der Waals surface area contributed by atoms with Gasteiger partial charge in [-0.1, -0.05) is 48.5 Å². The Bertz CT molecular complexity index is 1320. The number of sulfonamides is 1. The molecule has 1 saturated heterocycles. The number of nitrogens with two attached hydrogens (primary N) is 1. The Balaban J connectivity index is 1.39. The number of pyridine rings is 1. The van der Waals surface area contributed by atoms with Crippen molar-refractivity contribution in [1.82, 2.24) is 19.7 Å². The van der Waals surface area contributed by atoms with E-state index in [1.165, 1.54) is 30.1 Å². The Morgan fingerprint density at radius 1 is 1.14 bits per heavy atom. The second kappa shape index (κ2) is 11.0. The molecule has 0 aliphatic carbocycles. The monoisotopic (exact) mass is 547 g/mol. The van der Waals surface area contributed by atoms with Gasteiger partial charge in [-0.25, -0.2) is 32.9 Å². The van der Waals surface area contributed by atoms with Crippen LogP contribution in [0.4, 0.5) is 16.4 Å². The predicted octanol–water partition coefficient (Wildman–Crippen LogP) is 3.75. The first kappa shape index (κ1) is 26.1. The number of carbonyl (C=O) groups excluding carboxylic acids is 1. The van der Waals surface area contributed by atoms with Gasteiger partial charge in [0, 0.05) is 24.2 Å². The predicted molar refractivity (Wildman–Crippen MR) is 140 cm³/mol. The molecule has 10 nitrogen and oxygen atoms in total. The van der Waals surface area contributed by atoms with E-state index in [1.54, 1.807) is 36.7 Å². The van der Waals surface area contributed by atoms with Gasteiger partial charge in [-0.15, -0.1) is 0 Å². The molecule has 0 radical (unpaired) electrons. The van der Waals surface area contributed by atoms with Gasteiger partial charge < -0.3 is 10.6 Å². The minimum Gasteiger partial charge on any atom is -0.355 e. The number of anilines is 2. The SMILES string of the molecule is CC1(CN)CCN(c2cnc(Sc3ccnc(NC(=O)NS(=O)(=O)c4ccccc4)c3Cl)cn2)CC1. The van der Waals surface area contributed by atoms with Crippen LogP contribution in [0, 0.1) is 5.41 Å². The average Bonchev–Trinajstić information content (AvgIpc) is 2.88. The first-order valence-corrected chi connectivity index (χ1v) is 13.9. The van der Waals surface area contributed by atoms with Gasteiger partial charge in [0.2, 0.25) is 0 Å². The molecule has 190 valence electrons. The molecule has 1 fully saturated rings. The highest BCUT2D eigenvalue weighted by molar-refractivity contribution is 7.99. The topological polar surface area (TPSA) is 143 Å². The maximum Gasteiger partial charge on any atom is 0.334 e. The molecule has 2 amide bonds. The van der Waals surface area contributed by atoms with Gasteiger partial charge in [0.1, 0.15) is 10.8 Å². The third kappa shape index (κ3) is 6.25. The molecule has 0 bridgehead atoms. The number of amides is 2. The summed E-state index contributed by atoms with van der Waals surface area (Å²) >= 11 is 7.70. The van der Waals surface area contributed by atoms with E-state index in [1.807, 2.05) is 4.72 Å². The van der Waals surface area contributed by atoms with Crippen LogP contribution in [0.25, 0.3) is 0 Å². The molecule has 0 spiro atoms. The molecule has 2 aromatic heterocycles. The average molecular weight is 548 g/mol. The summed E-state index contributed by atoms with van der Waals surface area (Å²) in [5.74, 6) is 0.821. The van der Waals surface area contributed by atoms with Crippen molar-refractivity contribution >= 4 is 51.1 Å². The zero-order valence-electron chi connectivity index (χ0n) is 19.5. The summed E-state index contributed by atoms with van der Waals surface area (Å²) in [4.78, 5) is 28.2. The van der Waals surface area contributed by atoms with Crippen molar-refractivity contribution in [3.8, 4) is 0 Å². The number of rotatable bonds is 7. The smallest absolute Gasteiger partial charge is 0.334 e. The van der Waals surface area contributed by atoms with Gasteiger partial charge >= 0.3 is 6.03 Å². The fourth-order valence-corrected chi connectivity index (χ4v) is 5.58. The Hall–Kier alpha value is -2.93. The molecule has 1 aliphatic heterocycles. The fourth-order valence-electron chi connectivity index (χ4n) is 3.62. The largest absolute Gasteiger partial charge is 0.355 e. The lowest BCUT2D eigenvalue weighted by molar-refractivity contribution is 0.256. The van der Waals surface area contributed by atoms with Crippen LogP contribution in [-0.2, 0) is 10.0 Å². The summed E-state index contributed by atoms with van der Waals surface area (Å²) < 4.78 is 26.7. The van der Waals surface area contributed by atoms with Crippen LogP contribution in [-0.4, -0.2) is 49.0 Å². The van der Waals surface area contributed by atoms with Crippen molar-refractivity contribution in [3.05, 3.63) is 60.0 Å². The normalized spacial score (nSPS) is 15.4. The van der Waals surface area contributed by atoms with E-state index in [4.69, 9.17) is 17.3 Å². The number of hydrogen-bond acceptors (Lipinski definition) is 9. The Labute approximate surface area is 219 Å². The summed E-state index contributed by atoms with van der Waals surface area (Å²) in [6, 6.07) is 8.25. The third-order valence-corrected chi connectivity index (χ3v) is 8.80. The standard InChI is InChI=1S/C23H26ClN7O3S2/c1-23(15-25)8-11-31(12-9-23)18-13-28-19(14-27-18)35-17-7-10-26-21(20(17)24)29-22(32)30-36(33,34)16-5-3-2-4-6-16/h2-7,10,13-14H,8-9,11-12,15,25H2,1H3,(H2,26,29,30,32). The molecule has 1 aromatic carbocycles. The zero-order chi connectivity index (χ0) is 25.8. The molecule has 1 aliphatic rings. The fraction of sp³-hybridized carbons (Fsp3) is 0.304. The highest BCUT2D eigenvalue weighted by Gasteiger charge is 2.29. The molecule has 13 heteroatoms. The molecule has 36 heavy (non-hydrogen) atoms. The summed E-state index contributed by atoms with van der Waals surface area (Å²) in [7, 11) is -4.04. The lowest BCUT2D eigenvalue weighted by Crippen LogP contribution is -2.42. The lowest BCUT2D eigenvalue weighted by atomic mass is 9.80. The van der Waals surface area contributed by atoms with Crippen molar-refractivity contribution in [2.45, 2.75) is 34.6 Å².